The van der Waals surface area contributed by atoms with Crippen molar-refractivity contribution in [1.82, 2.24) is 10.2 Å². The number of nitrogens with zero attached hydrogens (tertiary/aromatic N) is 1. The van der Waals surface area contributed by atoms with Crippen LogP contribution in [0.1, 0.15) is 30.1 Å². The smallest absolute Gasteiger partial charge is 0.251 e. The molecule has 5 heteroatoms. The van der Waals surface area contributed by atoms with Gasteiger partial charge < -0.3 is 20.6 Å². The van der Waals surface area contributed by atoms with Crippen LogP contribution in [0.2, 0.25) is 0 Å². The number of hydrogen-bond donors (Lipinski definition) is 3. The highest BCUT2D eigenvalue weighted by Gasteiger charge is 2.17. The number of likely N-dealkylation sites (tertiary alicyclic amines) is 1. The first kappa shape index (κ1) is 15.8. The van der Waals surface area contributed by atoms with E-state index >= 15 is 0 Å². The van der Waals surface area contributed by atoms with Crippen molar-refractivity contribution in [3.8, 4) is 0 Å². The molecule has 116 valence electrons. The first-order valence-electron chi connectivity index (χ1n) is 7.71. The van der Waals surface area contributed by atoms with Gasteiger partial charge in [0.25, 0.3) is 5.91 Å². The lowest BCUT2D eigenvalue weighted by Gasteiger charge is -2.32. The van der Waals surface area contributed by atoms with Crippen molar-refractivity contribution in [2.75, 3.05) is 38.1 Å². The summed E-state index contributed by atoms with van der Waals surface area (Å²) in [4.78, 5) is 14.2. The van der Waals surface area contributed by atoms with E-state index in [0.29, 0.717) is 11.6 Å². The normalized spacial score (nSPS) is 16.7. The van der Waals surface area contributed by atoms with Crippen LogP contribution in [0, 0.1) is 0 Å². The number of carbonyl (C=O) groups is 1. The molecule has 1 aromatic carbocycles. The number of anilines is 1. The van der Waals surface area contributed by atoms with Gasteiger partial charge in [0.1, 0.15) is 0 Å². The van der Waals surface area contributed by atoms with E-state index in [1.807, 2.05) is 24.3 Å². The van der Waals surface area contributed by atoms with Crippen LogP contribution < -0.4 is 10.6 Å². The quantitative estimate of drug-likeness (QED) is 0.739. The van der Waals surface area contributed by atoms with Crippen LogP contribution in [0.3, 0.4) is 0 Å². The summed E-state index contributed by atoms with van der Waals surface area (Å²) >= 11 is 0. The van der Waals surface area contributed by atoms with E-state index in [1.54, 1.807) is 0 Å². The maximum Gasteiger partial charge on any atom is 0.251 e. The van der Waals surface area contributed by atoms with Gasteiger partial charge in [-0.1, -0.05) is 6.92 Å². The minimum atomic E-state index is -0.146. The number of rotatable bonds is 6. The molecule has 1 aliphatic rings. The van der Waals surface area contributed by atoms with Crippen LogP contribution in [-0.2, 0) is 0 Å². The molecule has 0 atom stereocenters. The molecule has 3 N–H and O–H groups in total. The zero-order valence-corrected chi connectivity index (χ0v) is 12.6. The van der Waals surface area contributed by atoms with Crippen LogP contribution in [0.25, 0.3) is 0 Å². The number of carbonyl (C=O) groups excluding carboxylic acids is 1. The van der Waals surface area contributed by atoms with E-state index < -0.39 is 0 Å². The number of piperidine rings is 1. The van der Waals surface area contributed by atoms with Crippen LogP contribution in [0.15, 0.2) is 24.3 Å². The first-order chi connectivity index (χ1) is 10.2. The molecule has 5 nitrogen and oxygen atoms in total. The Morgan fingerprint density at radius 1 is 1.29 bits per heavy atom. The van der Waals surface area contributed by atoms with E-state index in [9.17, 15) is 4.79 Å². The monoisotopic (exact) mass is 291 g/mol. The van der Waals surface area contributed by atoms with Crippen molar-refractivity contribution in [3.63, 3.8) is 0 Å². The summed E-state index contributed by atoms with van der Waals surface area (Å²) in [5.74, 6) is -0.146. The van der Waals surface area contributed by atoms with Gasteiger partial charge in [-0.2, -0.15) is 0 Å². The van der Waals surface area contributed by atoms with Crippen LogP contribution in [0.5, 0.6) is 0 Å². The largest absolute Gasteiger partial charge is 0.395 e. The summed E-state index contributed by atoms with van der Waals surface area (Å²) in [6, 6.07) is 8.04. The molecule has 1 amide bonds. The van der Waals surface area contributed by atoms with Gasteiger partial charge in [0.15, 0.2) is 0 Å². The number of nitrogens with one attached hydrogen (secondary N) is 2. The van der Waals surface area contributed by atoms with Gasteiger partial charge in [0.2, 0.25) is 0 Å². The lowest BCUT2D eigenvalue weighted by molar-refractivity contribution is 0.0945. The number of aliphatic hydroxyl groups excluding tert-OH is 1. The number of benzene rings is 1. The molecule has 0 aromatic heterocycles. The predicted molar refractivity (Wildman–Crippen MR) is 84.6 cm³/mol. The SMILES string of the molecule is CCN1CCC(Nc2ccc(C(=O)NCCO)cc2)CC1. The minimum Gasteiger partial charge on any atom is -0.395 e. The first-order valence-corrected chi connectivity index (χ1v) is 7.71. The van der Waals surface area contributed by atoms with Gasteiger partial charge in [-0.15, -0.1) is 0 Å². The fourth-order valence-electron chi connectivity index (χ4n) is 2.62. The molecule has 2 rings (SSSR count). The highest BCUT2D eigenvalue weighted by atomic mass is 16.3. The topological polar surface area (TPSA) is 64.6 Å². The van der Waals surface area contributed by atoms with E-state index in [-0.39, 0.29) is 19.1 Å². The number of amides is 1. The Morgan fingerprint density at radius 2 is 1.95 bits per heavy atom. The average Bonchev–Trinajstić information content (AvgIpc) is 2.54. The van der Waals surface area contributed by atoms with Crippen molar-refractivity contribution in [2.24, 2.45) is 0 Å². The molecule has 1 aromatic rings. The maximum absolute atomic E-state index is 11.7. The second-order valence-corrected chi connectivity index (χ2v) is 5.41. The molecule has 0 spiro atoms. The lowest BCUT2D eigenvalue weighted by atomic mass is 10.0. The van der Waals surface area contributed by atoms with Crippen LogP contribution in [0.4, 0.5) is 5.69 Å². The fraction of sp³-hybridized carbons (Fsp3) is 0.562. The van der Waals surface area contributed by atoms with Crippen LogP contribution >= 0.6 is 0 Å². The van der Waals surface area contributed by atoms with E-state index in [0.717, 1.165) is 38.2 Å². The van der Waals surface area contributed by atoms with Gasteiger partial charge in [-0.3, -0.25) is 4.79 Å². The van der Waals surface area contributed by atoms with Crippen molar-refractivity contribution >= 4 is 11.6 Å². The summed E-state index contributed by atoms with van der Waals surface area (Å²) in [6.45, 7) is 5.88. The second-order valence-electron chi connectivity index (χ2n) is 5.41. The Kier molecular flexibility index (Phi) is 6.02. The Hall–Kier alpha value is -1.59. The molecular formula is C16H25N3O2. The zero-order chi connectivity index (χ0) is 15.1. The molecule has 0 unspecified atom stereocenters. The van der Waals surface area contributed by atoms with E-state index in [2.05, 4.69) is 22.5 Å². The number of hydrogen-bond acceptors (Lipinski definition) is 4. The molecule has 1 fully saturated rings. The molecule has 0 aliphatic carbocycles. The minimum absolute atomic E-state index is 0.0398. The van der Waals surface area contributed by atoms with Gasteiger partial charge in [0.05, 0.1) is 6.61 Å². The molecule has 0 saturated carbocycles. The fourth-order valence-corrected chi connectivity index (χ4v) is 2.62. The molecule has 21 heavy (non-hydrogen) atoms. The highest BCUT2D eigenvalue weighted by molar-refractivity contribution is 5.94. The molecule has 1 aliphatic heterocycles. The zero-order valence-electron chi connectivity index (χ0n) is 12.6. The maximum atomic E-state index is 11.7. The summed E-state index contributed by atoms with van der Waals surface area (Å²) in [7, 11) is 0. The Bertz CT molecular complexity index is 439. The summed E-state index contributed by atoms with van der Waals surface area (Å²) < 4.78 is 0. The van der Waals surface area contributed by atoms with Crippen molar-refractivity contribution < 1.29 is 9.90 Å². The van der Waals surface area contributed by atoms with Crippen molar-refractivity contribution in [3.05, 3.63) is 29.8 Å². The number of aliphatic hydroxyl groups is 1. The average molecular weight is 291 g/mol. The molecular weight excluding hydrogens is 266 g/mol. The van der Waals surface area contributed by atoms with E-state index in [4.69, 9.17) is 5.11 Å². The summed E-state index contributed by atoms with van der Waals surface area (Å²) in [5.41, 5.74) is 1.68. The summed E-state index contributed by atoms with van der Waals surface area (Å²) in [6.07, 6.45) is 2.32. The van der Waals surface area contributed by atoms with Gasteiger partial charge in [-0.05, 0) is 43.7 Å². The Balaban J connectivity index is 1.84. The lowest BCUT2D eigenvalue weighted by Crippen LogP contribution is -2.38. The Labute approximate surface area is 126 Å². The highest BCUT2D eigenvalue weighted by Crippen LogP contribution is 2.17. The standard InChI is InChI=1S/C16H25N3O2/c1-2-19-10-7-15(8-11-19)18-14-5-3-13(4-6-14)16(21)17-9-12-20/h3-6,15,18,20H,2,7-12H2,1H3,(H,17,21). The molecule has 1 heterocycles. The third-order valence-electron chi connectivity index (χ3n) is 3.95. The van der Waals surface area contributed by atoms with Crippen LogP contribution in [-0.4, -0.2) is 54.7 Å². The Morgan fingerprint density at radius 3 is 2.52 bits per heavy atom. The van der Waals surface area contributed by atoms with Gasteiger partial charge >= 0.3 is 0 Å². The summed E-state index contributed by atoms with van der Waals surface area (Å²) in [5, 5.41) is 14.9. The van der Waals surface area contributed by atoms with E-state index in [1.165, 1.54) is 0 Å². The van der Waals surface area contributed by atoms with Crippen molar-refractivity contribution in [1.29, 1.82) is 0 Å². The van der Waals surface area contributed by atoms with Gasteiger partial charge in [-0.25, -0.2) is 0 Å². The molecule has 0 radical (unpaired) electrons. The molecule has 1 saturated heterocycles. The second kappa shape index (κ2) is 8.00. The molecule has 0 bridgehead atoms. The third-order valence-corrected chi connectivity index (χ3v) is 3.95. The predicted octanol–water partition coefficient (Wildman–Crippen LogP) is 1.30. The van der Waals surface area contributed by atoms with Crippen molar-refractivity contribution in [2.45, 2.75) is 25.8 Å². The van der Waals surface area contributed by atoms with Gasteiger partial charge in [0, 0.05) is 36.9 Å². The third kappa shape index (κ3) is 4.72.